The number of anilines is 1. The summed E-state index contributed by atoms with van der Waals surface area (Å²) >= 11 is 1.39. The number of aryl methyl sites for hydroxylation is 1. The number of fused-ring (bicyclic) bond motifs is 1. The zero-order valence-electron chi connectivity index (χ0n) is 12.7. The molecule has 23 heavy (non-hydrogen) atoms. The first-order chi connectivity index (χ1) is 11.0. The molecule has 4 nitrogen and oxygen atoms in total. The van der Waals surface area contributed by atoms with E-state index in [1.165, 1.54) is 11.8 Å². The SMILES string of the molecule is C=CCN1c2ccccc2SC1OS(=O)(=O)c1ccc(C)cc1. The Morgan fingerprint density at radius 2 is 1.91 bits per heavy atom. The molecule has 2 aromatic rings. The summed E-state index contributed by atoms with van der Waals surface area (Å²) in [6.07, 6.45) is 1.73. The third kappa shape index (κ3) is 3.29. The van der Waals surface area contributed by atoms with Crippen molar-refractivity contribution in [3.05, 3.63) is 66.7 Å². The number of nitrogens with zero attached hydrogens (tertiary/aromatic N) is 1. The lowest BCUT2D eigenvalue weighted by atomic mass is 10.2. The predicted octanol–water partition coefficient (Wildman–Crippen LogP) is 3.78. The zero-order chi connectivity index (χ0) is 16.4. The molecule has 1 atom stereocenters. The zero-order valence-corrected chi connectivity index (χ0v) is 14.3. The van der Waals surface area contributed by atoms with E-state index < -0.39 is 15.7 Å². The molecule has 120 valence electrons. The van der Waals surface area contributed by atoms with Crippen molar-refractivity contribution in [2.75, 3.05) is 11.4 Å². The number of rotatable bonds is 5. The molecule has 2 aromatic carbocycles. The van der Waals surface area contributed by atoms with Gasteiger partial charge in [0.25, 0.3) is 10.1 Å². The summed E-state index contributed by atoms with van der Waals surface area (Å²) in [7, 11) is -3.83. The van der Waals surface area contributed by atoms with Crippen LogP contribution in [-0.4, -0.2) is 20.5 Å². The minimum Gasteiger partial charge on any atom is -0.331 e. The molecule has 0 aliphatic carbocycles. The second kappa shape index (κ2) is 6.39. The van der Waals surface area contributed by atoms with E-state index in [0.29, 0.717) is 6.54 Å². The molecule has 0 fully saturated rings. The van der Waals surface area contributed by atoms with Crippen LogP contribution in [0.3, 0.4) is 0 Å². The summed E-state index contributed by atoms with van der Waals surface area (Å²) in [6, 6.07) is 14.4. The number of thioether (sulfide) groups is 1. The van der Waals surface area contributed by atoms with Crippen molar-refractivity contribution in [2.24, 2.45) is 0 Å². The van der Waals surface area contributed by atoms with Gasteiger partial charge in [0.2, 0.25) is 5.56 Å². The summed E-state index contributed by atoms with van der Waals surface area (Å²) in [5, 5.41) is 0. The smallest absolute Gasteiger partial charge is 0.299 e. The Bertz CT molecular complexity index is 816. The lowest BCUT2D eigenvalue weighted by Crippen LogP contribution is -2.33. The van der Waals surface area contributed by atoms with Gasteiger partial charge >= 0.3 is 0 Å². The van der Waals surface area contributed by atoms with Crippen LogP contribution in [0.1, 0.15) is 5.56 Å². The number of hydrogen-bond acceptors (Lipinski definition) is 5. The van der Waals surface area contributed by atoms with Gasteiger partial charge in [0.1, 0.15) is 0 Å². The Balaban J connectivity index is 1.87. The van der Waals surface area contributed by atoms with Gasteiger partial charge in [0, 0.05) is 11.4 Å². The molecule has 1 unspecified atom stereocenters. The van der Waals surface area contributed by atoms with Crippen molar-refractivity contribution in [2.45, 2.75) is 22.3 Å². The predicted molar refractivity (Wildman–Crippen MR) is 93.1 cm³/mol. The fourth-order valence-corrected chi connectivity index (χ4v) is 4.72. The molecule has 6 heteroatoms. The van der Waals surface area contributed by atoms with Gasteiger partial charge in [0.15, 0.2) is 0 Å². The minimum atomic E-state index is -3.83. The summed E-state index contributed by atoms with van der Waals surface area (Å²) in [6.45, 7) is 6.16. The van der Waals surface area contributed by atoms with Crippen LogP contribution in [0.5, 0.6) is 0 Å². The van der Waals surface area contributed by atoms with Gasteiger partial charge in [-0.25, -0.2) is 4.18 Å². The van der Waals surface area contributed by atoms with E-state index in [1.807, 2.05) is 36.1 Å². The van der Waals surface area contributed by atoms with Gasteiger partial charge < -0.3 is 4.90 Å². The fraction of sp³-hybridized carbons (Fsp3) is 0.176. The molecule has 0 N–H and O–H groups in total. The van der Waals surface area contributed by atoms with Crippen LogP contribution in [0.15, 0.2) is 71.0 Å². The lowest BCUT2D eigenvalue weighted by molar-refractivity contribution is 0.290. The van der Waals surface area contributed by atoms with Crippen LogP contribution in [-0.2, 0) is 14.3 Å². The third-order valence-corrected chi connectivity index (χ3v) is 6.06. The molecule has 1 aliphatic rings. The fourth-order valence-electron chi connectivity index (χ4n) is 2.34. The van der Waals surface area contributed by atoms with Crippen LogP contribution in [0.25, 0.3) is 0 Å². The van der Waals surface area contributed by atoms with Crippen molar-refractivity contribution in [1.82, 2.24) is 0 Å². The number of para-hydroxylation sites is 1. The summed E-state index contributed by atoms with van der Waals surface area (Å²) < 4.78 is 30.5. The van der Waals surface area contributed by atoms with E-state index in [2.05, 4.69) is 6.58 Å². The van der Waals surface area contributed by atoms with Crippen LogP contribution >= 0.6 is 11.8 Å². The molecule has 0 radical (unpaired) electrons. The molecule has 0 amide bonds. The molecule has 1 heterocycles. The Kier molecular flexibility index (Phi) is 4.48. The van der Waals surface area contributed by atoms with Gasteiger partial charge in [0.05, 0.1) is 10.6 Å². The summed E-state index contributed by atoms with van der Waals surface area (Å²) in [4.78, 5) is 3.05. The number of hydrogen-bond donors (Lipinski definition) is 0. The van der Waals surface area contributed by atoms with Crippen molar-refractivity contribution in [3.8, 4) is 0 Å². The summed E-state index contributed by atoms with van der Waals surface area (Å²) in [5.74, 6) is 0. The molecule has 0 bridgehead atoms. The maximum Gasteiger partial charge on any atom is 0.299 e. The monoisotopic (exact) mass is 347 g/mol. The van der Waals surface area contributed by atoms with E-state index in [9.17, 15) is 8.42 Å². The largest absolute Gasteiger partial charge is 0.331 e. The Labute approximate surface area is 140 Å². The third-order valence-electron chi connectivity index (χ3n) is 3.50. The van der Waals surface area contributed by atoms with Gasteiger partial charge in [-0.2, -0.15) is 8.42 Å². The van der Waals surface area contributed by atoms with Crippen molar-refractivity contribution < 1.29 is 12.6 Å². The van der Waals surface area contributed by atoms with Crippen LogP contribution in [0.4, 0.5) is 5.69 Å². The molecular formula is C17H17NO3S2. The Morgan fingerprint density at radius 1 is 1.22 bits per heavy atom. The second-order valence-corrected chi connectivity index (χ2v) is 7.85. The Hall–Kier alpha value is -1.76. The maximum atomic E-state index is 12.5. The van der Waals surface area contributed by atoms with E-state index in [1.54, 1.807) is 30.3 Å². The van der Waals surface area contributed by atoms with Crippen LogP contribution in [0.2, 0.25) is 0 Å². The topological polar surface area (TPSA) is 46.6 Å². The normalized spacial score (nSPS) is 17.1. The molecule has 0 spiro atoms. The highest BCUT2D eigenvalue weighted by Crippen LogP contribution is 2.44. The molecular weight excluding hydrogens is 330 g/mol. The second-order valence-electron chi connectivity index (χ2n) is 5.20. The highest BCUT2D eigenvalue weighted by atomic mass is 32.2. The quantitative estimate of drug-likeness (QED) is 0.608. The molecule has 0 aromatic heterocycles. The van der Waals surface area contributed by atoms with Crippen LogP contribution < -0.4 is 4.90 Å². The molecule has 3 rings (SSSR count). The van der Waals surface area contributed by atoms with E-state index in [0.717, 1.165) is 16.1 Å². The maximum absolute atomic E-state index is 12.5. The van der Waals surface area contributed by atoms with Crippen molar-refractivity contribution >= 4 is 27.6 Å². The van der Waals surface area contributed by atoms with E-state index >= 15 is 0 Å². The van der Waals surface area contributed by atoms with Crippen molar-refractivity contribution in [1.29, 1.82) is 0 Å². The molecule has 0 saturated carbocycles. The summed E-state index contributed by atoms with van der Waals surface area (Å²) in [5.41, 5.74) is 1.33. The van der Waals surface area contributed by atoms with Gasteiger partial charge in [-0.3, -0.25) is 0 Å². The van der Waals surface area contributed by atoms with Crippen LogP contribution in [0, 0.1) is 6.92 Å². The minimum absolute atomic E-state index is 0.165. The average molecular weight is 347 g/mol. The van der Waals surface area contributed by atoms with E-state index in [4.69, 9.17) is 4.18 Å². The number of benzene rings is 2. The van der Waals surface area contributed by atoms with Gasteiger partial charge in [-0.1, -0.05) is 47.7 Å². The average Bonchev–Trinajstić information content (AvgIpc) is 2.85. The highest BCUT2D eigenvalue weighted by molar-refractivity contribution is 8.01. The van der Waals surface area contributed by atoms with Crippen molar-refractivity contribution in [3.63, 3.8) is 0 Å². The van der Waals surface area contributed by atoms with Gasteiger partial charge in [-0.05, 0) is 31.2 Å². The standard InChI is InChI=1S/C17H17NO3S2/c1-3-12-18-15-6-4-5-7-16(15)22-17(18)21-23(19,20)14-10-8-13(2)9-11-14/h3-11,17H,1,12H2,2H3. The first-order valence-electron chi connectivity index (χ1n) is 7.14. The highest BCUT2D eigenvalue weighted by Gasteiger charge is 2.34. The first-order valence-corrected chi connectivity index (χ1v) is 9.43. The first kappa shape index (κ1) is 16.1. The lowest BCUT2D eigenvalue weighted by Gasteiger charge is -2.24. The Morgan fingerprint density at radius 3 is 2.61 bits per heavy atom. The molecule has 1 aliphatic heterocycles. The van der Waals surface area contributed by atoms with Gasteiger partial charge in [-0.15, -0.1) is 6.58 Å². The molecule has 0 saturated heterocycles. The van der Waals surface area contributed by atoms with E-state index in [-0.39, 0.29) is 4.90 Å².